The number of carbonyl (C=O) groups is 2. The van der Waals surface area contributed by atoms with Gasteiger partial charge in [-0.1, -0.05) is 32.0 Å². The summed E-state index contributed by atoms with van der Waals surface area (Å²) in [6.45, 7) is 5.98. The quantitative estimate of drug-likeness (QED) is 0.281. The Balaban J connectivity index is 1.33. The van der Waals surface area contributed by atoms with Gasteiger partial charge >= 0.3 is 6.03 Å². The molecule has 2 aromatic heterocycles. The molecule has 0 aliphatic rings. The highest BCUT2D eigenvalue weighted by atomic mass is 16.5. The molecule has 0 aliphatic heterocycles. The van der Waals surface area contributed by atoms with E-state index in [1.807, 2.05) is 20.8 Å². The van der Waals surface area contributed by atoms with Gasteiger partial charge in [-0.3, -0.25) is 10.1 Å². The molecule has 0 aliphatic carbocycles. The highest BCUT2D eigenvalue weighted by molar-refractivity contribution is 6.04. The first kappa shape index (κ1) is 25.2. The number of methoxy groups -OCH3 is 1. The molecule has 0 unspecified atom stereocenters. The van der Waals surface area contributed by atoms with Gasteiger partial charge in [0.2, 0.25) is 5.88 Å². The molecule has 4 aromatic rings. The summed E-state index contributed by atoms with van der Waals surface area (Å²) >= 11 is 0. The molecular formula is C27H27N5O5. The van der Waals surface area contributed by atoms with Crippen LogP contribution < -0.4 is 25.4 Å². The summed E-state index contributed by atoms with van der Waals surface area (Å²) < 4.78 is 16.2. The summed E-state index contributed by atoms with van der Waals surface area (Å²) in [4.78, 5) is 29.0. The van der Waals surface area contributed by atoms with Crippen molar-refractivity contribution in [1.82, 2.24) is 10.1 Å². The number of pyridine rings is 1. The zero-order valence-electron chi connectivity index (χ0n) is 20.9. The van der Waals surface area contributed by atoms with E-state index in [-0.39, 0.29) is 11.3 Å². The van der Waals surface area contributed by atoms with Crippen molar-refractivity contribution >= 4 is 29.1 Å². The molecule has 0 atom stereocenters. The van der Waals surface area contributed by atoms with Crippen LogP contribution in [0.5, 0.6) is 17.4 Å². The normalized spacial score (nSPS) is 10.9. The monoisotopic (exact) mass is 501 g/mol. The van der Waals surface area contributed by atoms with Crippen molar-refractivity contribution in [3.8, 4) is 17.4 Å². The van der Waals surface area contributed by atoms with Crippen molar-refractivity contribution in [2.75, 3.05) is 23.1 Å². The number of anilines is 3. The van der Waals surface area contributed by atoms with Crippen molar-refractivity contribution in [1.29, 1.82) is 0 Å². The van der Waals surface area contributed by atoms with E-state index in [9.17, 15) is 9.59 Å². The predicted molar refractivity (Wildman–Crippen MR) is 140 cm³/mol. The Kier molecular flexibility index (Phi) is 7.38. The van der Waals surface area contributed by atoms with Gasteiger partial charge in [0.25, 0.3) is 5.91 Å². The van der Waals surface area contributed by atoms with Crippen LogP contribution in [0, 0.1) is 0 Å². The Bertz CT molecular complexity index is 1380. The number of hydrogen-bond acceptors (Lipinski definition) is 7. The molecule has 190 valence electrons. The molecule has 0 saturated carbocycles. The number of hydrogen-bond donors (Lipinski definition) is 3. The number of aromatic nitrogens is 2. The second kappa shape index (κ2) is 10.8. The molecule has 10 nitrogen and oxygen atoms in total. The van der Waals surface area contributed by atoms with Crippen molar-refractivity contribution in [3.05, 3.63) is 84.3 Å². The van der Waals surface area contributed by atoms with Crippen LogP contribution in [0.2, 0.25) is 0 Å². The first-order chi connectivity index (χ1) is 17.7. The molecule has 3 amide bonds. The lowest BCUT2D eigenvalue weighted by Crippen LogP contribution is -2.19. The molecule has 2 heterocycles. The van der Waals surface area contributed by atoms with Crippen molar-refractivity contribution in [2.24, 2.45) is 0 Å². The first-order valence-corrected chi connectivity index (χ1v) is 11.4. The molecule has 3 N–H and O–H groups in total. The zero-order chi connectivity index (χ0) is 26.4. The van der Waals surface area contributed by atoms with Crippen LogP contribution in [0.4, 0.5) is 22.0 Å². The third-order valence-electron chi connectivity index (χ3n) is 5.14. The predicted octanol–water partition coefficient (Wildman–Crippen LogP) is 6.06. The van der Waals surface area contributed by atoms with Gasteiger partial charge in [-0.25, -0.2) is 9.78 Å². The van der Waals surface area contributed by atoms with Gasteiger partial charge in [-0.15, -0.1) is 0 Å². The smallest absolute Gasteiger partial charge is 0.324 e. The van der Waals surface area contributed by atoms with Gasteiger partial charge in [0.1, 0.15) is 17.3 Å². The van der Waals surface area contributed by atoms with Gasteiger partial charge in [-0.05, 0) is 48.5 Å². The summed E-state index contributed by atoms with van der Waals surface area (Å²) in [5.41, 5.74) is 1.31. The third-order valence-corrected chi connectivity index (χ3v) is 5.14. The number of rotatable bonds is 7. The maximum atomic E-state index is 12.6. The average molecular weight is 502 g/mol. The minimum Gasteiger partial charge on any atom is -0.481 e. The van der Waals surface area contributed by atoms with E-state index in [1.165, 1.54) is 13.3 Å². The molecule has 0 fully saturated rings. The van der Waals surface area contributed by atoms with Crippen LogP contribution in [0.25, 0.3) is 0 Å². The van der Waals surface area contributed by atoms with E-state index in [4.69, 9.17) is 14.0 Å². The second-order valence-corrected chi connectivity index (χ2v) is 9.10. The van der Waals surface area contributed by atoms with E-state index in [0.29, 0.717) is 45.9 Å². The van der Waals surface area contributed by atoms with E-state index in [1.54, 1.807) is 66.7 Å². The van der Waals surface area contributed by atoms with E-state index < -0.39 is 6.03 Å². The Hall–Kier alpha value is -4.86. The Morgan fingerprint density at radius 3 is 2.27 bits per heavy atom. The van der Waals surface area contributed by atoms with Gasteiger partial charge in [-0.2, -0.15) is 0 Å². The maximum Gasteiger partial charge on any atom is 0.324 e. The third kappa shape index (κ3) is 6.85. The summed E-state index contributed by atoms with van der Waals surface area (Å²) in [6.07, 6.45) is 1.52. The Morgan fingerprint density at radius 1 is 0.865 bits per heavy atom. The Labute approximate surface area is 214 Å². The topological polar surface area (TPSA) is 128 Å². The lowest BCUT2D eigenvalue weighted by atomic mass is 9.93. The van der Waals surface area contributed by atoms with Crippen LogP contribution >= 0.6 is 0 Å². The highest BCUT2D eigenvalue weighted by Gasteiger charge is 2.20. The fourth-order valence-electron chi connectivity index (χ4n) is 3.19. The molecule has 0 saturated heterocycles. The standard InChI is InChI=1S/C27H27N5O5/c1-27(2,3)22-15-23(32-37-22)31-26(34)30-18-8-11-20(12-9-18)36-21-7-5-6-17(14-21)25(33)29-19-10-13-24(35-4)28-16-19/h5-16H,1-4H3,(H,29,33)(H2,30,31,32,34). The number of urea groups is 1. The second-order valence-electron chi connectivity index (χ2n) is 9.10. The molecule has 4 rings (SSSR count). The van der Waals surface area contributed by atoms with Crippen LogP contribution in [0.3, 0.4) is 0 Å². The number of carbonyl (C=O) groups excluding carboxylic acids is 2. The molecule has 37 heavy (non-hydrogen) atoms. The minimum absolute atomic E-state index is 0.212. The van der Waals surface area contributed by atoms with E-state index in [0.717, 1.165) is 0 Å². The molecular weight excluding hydrogens is 474 g/mol. The number of nitrogens with one attached hydrogen (secondary N) is 3. The number of benzene rings is 2. The van der Waals surface area contributed by atoms with Crippen LogP contribution in [-0.2, 0) is 5.41 Å². The molecule has 10 heteroatoms. The van der Waals surface area contributed by atoms with Gasteiger partial charge in [0.05, 0.1) is 19.0 Å². The lowest BCUT2D eigenvalue weighted by molar-refractivity contribution is 0.102. The number of ether oxygens (including phenoxy) is 2. The summed E-state index contributed by atoms with van der Waals surface area (Å²) in [5, 5.41) is 12.0. The first-order valence-electron chi connectivity index (χ1n) is 11.4. The SMILES string of the molecule is COc1ccc(NC(=O)c2cccc(Oc3ccc(NC(=O)Nc4cc(C(C)(C)C)on4)cc3)c2)cn1. The molecule has 0 bridgehead atoms. The molecule has 2 aromatic carbocycles. The van der Waals surface area contributed by atoms with Crippen LogP contribution in [-0.4, -0.2) is 29.2 Å². The highest BCUT2D eigenvalue weighted by Crippen LogP contribution is 2.26. The summed E-state index contributed by atoms with van der Waals surface area (Å²) in [5.74, 6) is 2.18. The maximum absolute atomic E-state index is 12.6. The van der Waals surface area contributed by atoms with Gasteiger partial charge in [0, 0.05) is 28.8 Å². The van der Waals surface area contributed by atoms with Crippen LogP contribution in [0.1, 0.15) is 36.9 Å². The largest absolute Gasteiger partial charge is 0.481 e. The van der Waals surface area contributed by atoms with Gasteiger partial charge < -0.3 is 24.6 Å². The fourth-order valence-corrected chi connectivity index (χ4v) is 3.19. The fraction of sp³-hybridized carbons (Fsp3) is 0.185. The molecule has 0 spiro atoms. The number of amides is 3. The zero-order valence-corrected chi connectivity index (χ0v) is 20.9. The van der Waals surface area contributed by atoms with Crippen molar-refractivity contribution in [2.45, 2.75) is 26.2 Å². The van der Waals surface area contributed by atoms with Gasteiger partial charge in [0.15, 0.2) is 5.82 Å². The van der Waals surface area contributed by atoms with E-state index in [2.05, 4.69) is 26.1 Å². The number of nitrogens with zero attached hydrogens (tertiary/aromatic N) is 2. The Morgan fingerprint density at radius 2 is 1.62 bits per heavy atom. The molecule has 0 radical (unpaired) electrons. The minimum atomic E-state index is -0.451. The van der Waals surface area contributed by atoms with Crippen LogP contribution in [0.15, 0.2) is 77.4 Å². The average Bonchev–Trinajstić information content (AvgIpc) is 3.35. The van der Waals surface area contributed by atoms with Crippen molar-refractivity contribution in [3.63, 3.8) is 0 Å². The van der Waals surface area contributed by atoms with E-state index >= 15 is 0 Å². The lowest BCUT2D eigenvalue weighted by Gasteiger charge is -2.12. The summed E-state index contributed by atoms with van der Waals surface area (Å²) in [7, 11) is 1.52. The van der Waals surface area contributed by atoms with Crippen molar-refractivity contribution < 1.29 is 23.6 Å². The summed E-state index contributed by atoms with van der Waals surface area (Å²) in [6, 6.07) is 18.2.